The minimum Gasteiger partial charge on any atom is -0.276 e. The van der Waals surface area contributed by atoms with E-state index in [1.165, 1.54) is 11.1 Å². The lowest BCUT2D eigenvalue weighted by atomic mass is 10.0. The number of aromatic nitrogens is 2. The van der Waals surface area contributed by atoms with Crippen molar-refractivity contribution in [1.82, 2.24) is 15.2 Å². The molecule has 1 heterocycles. The van der Waals surface area contributed by atoms with E-state index < -0.39 is 0 Å². The third kappa shape index (κ3) is 4.50. The molecule has 1 aromatic carbocycles. The monoisotopic (exact) mass is 258 g/mol. The van der Waals surface area contributed by atoms with E-state index in [0.717, 1.165) is 25.7 Å². The van der Waals surface area contributed by atoms with Crippen molar-refractivity contribution >= 4 is 0 Å². The zero-order chi connectivity index (χ0) is 13.5. The van der Waals surface area contributed by atoms with Gasteiger partial charge in [0.15, 0.2) is 0 Å². The van der Waals surface area contributed by atoms with Crippen molar-refractivity contribution in [2.75, 3.05) is 0 Å². The summed E-state index contributed by atoms with van der Waals surface area (Å²) in [6.07, 6.45) is 8.14. The number of aryl methyl sites for hydroxylation is 3. The van der Waals surface area contributed by atoms with Crippen molar-refractivity contribution < 1.29 is 0 Å². The van der Waals surface area contributed by atoms with E-state index in [4.69, 9.17) is 5.84 Å². The number of hydrazine groups is 1. The van der Waals surface area contributed by atoms with Crippen LogP contribution in [0.25, 0.3) is 0 Å². The predicted octanol–water partition coefficient (Wildman–Crippen LogP) is 1.82. The Morgan fingerprint density at radius 3 is 2.42 bits per heavy atom. The van der Waals surface area contributed by atoms with E-state index in [1.807, 2.05) is 24.0 Å². The molecule has 1 aromatic heterocycles. The average Bonchev–Trinajstić information content (AvgIpc) is 2.86. The van der Waals surface area contributed by atoms with Gasteiger partial charge in [0, 0.05) is 19.3 Å². The normalized spacial score (nSPS) is 12.5. The van der Waals surface area contributed by atoms with Crippen molar-refractivity contribution in [2.24, 2.45) is 12.9 Å². The number of hydrogen-bond donors (Lipinski definition) is 2. The first-order chi connectivity index (χ1) is 9.28. The Labute approximate surface area is 114 Å². The Hall–Kier alpha value is -1.65. The quantitative estimate of drug-likeness (QED) is 0.588. The summed E-state index contributed by atoms with van der Waals surface area (Å²) < 4.78 is 1.84. The SMILES string of the molecule is Cn1cc(CCC(CCc2ccccc2)NN)cn1. The summed E-state index contributed by atoms with van der Waals surface area (Å²) in [5.41, 5.74) is 5.55. The smallest absolute Gasteiger partial charge is 0.0521 e. The molecule has 19 heavy (non-hydrogen) atoms. The highest BCUT2D eigenvalue weighted by Gasteiger charge is 2.08. The molecule has 0 saturated heterocycles. The first kappa shape index (κ1) is 13.8. The summed E-state index contributed by atoms with van der Waals surface area (Å²) in [6.45, 7) is 0. The van der Waals surface area contributed by atoms with E-state index in [9.17, 15) is 0 Å². The van der Waals surface area contributed by atoms with Crippen LogP contribution in [0.4, 0.5) is 0 Å². The summed E-state index contributed by atoms with van der Waals surface area (Å²) in [7, 11) is 1.94. The molecular formula is C15H22N4. The average molecular weight is 258 g/mol. The molecule has 0 spiro atoms. The molecule has 0 aliphatic heterocycles. The molecule has 0 bridgehead atoms. The molecule has 4 nitrogen and oxygen atoms in total. The predicted molar refractivity (Wildman–Crippen MR) is 77.4 cm³/mol. The Morgan fingerprint density at radius 1 is 1.16 bits per heavy atom. The van der Waals surface area contributed by atoms with Crippen LogP contribution in [0.3, 0.4) is 0 Å². The topological polar surface area (TPSA) is 55.9 Å². The molecule has 0 fully saturated rings. The van der Waals surface area contributed by atoms with Gasteiger partial charge < -0.3 is 0 Å². The van der Waals surface area contributed by atoms with Crippen LogP contribution < -0.4 is 11.3 Å². The van der Waals surface area contributed by atoms with Gasteiger partial charge >= 0.3 is 0 Å². The maximum absolute atomic E-state index is 5.64. The first-order valence-corrected chi connectivity index (χ1v) is 6.75. The second-order valence-electron chi connectivity index (χ2n) is 4.95. The van der Waals surface area contributed by atoms with Crippen molar-refractivity contribution in [3.8, 4) is 0 Å². The van der Waals surface area contributed by atoms with Gasteiger partial charge in [0.1, 0.15) is 0 Å². The first-order valence-electron chi connectivity index (χ1n) is 6.75. The summed E-state index contributed by atoms with van der Waals surface area (Å²) in [5.74, 6) is 5.64. The Bertz CT molecular complexity index is 478. The summed E-state index contributed by atoms with van der Waals surface area (Å²) in [5, 5.41) is 4.18. The van der Waals surface area contributed by atoms with Crippen LogP contribution >= 0.6 is 0 Å². The van der Waals surface area contributed by atoms with Gasteiger partial charge in [-0.15, -0.1) is 0 Å². The van der Waals surface area contributed by atoms with Crippen molar-refractivity contribution in [2.45, 2.75) is 31.7 Å². The fraction of sp³-hybridized carbons (Fsp3) is 0.400. The van der Waals surface area contributed by atoms with Gasteiger partial charge in [-0.1, -0.05) is 30.3 Å². The maximum Gasteiger partial charge on any atom is 0.0521 e. The maximum atomic E-state index is 5.64. The van der Waals surface area contributed by atoms with Gasteiger partial charge in [0.05, 0.1) is 6.20 Å². The van der Waals surface area contributed by atoms with E-state index in [1.54, 1.807) is 0 Å². The summed E-state index contributed by atoms with van der Waals surface area (Å²) in [4.78, 5) is 0. The third-order valence-corrected chi connectivity index (χ3v) is 3.40. The number of nitrogens with one attached hydrogen (secondary N) is 1. The standard InChI is InChI=1S/C15H22N4/c1-19-12-14(11-17-19)8-10-15(18-16)9-7-13-5-3-2-4-6-13/h2-6,11-12,15,18H,7-10,16H2,1H3. The molecule has 0 amide bonds. The number of hydrogen-bond acceptors (Lipinski definition) is 3. The minimum atomic E-state index is 0.348. The van der Waals surface area contributed by atoms with E-state index in [-0.39, 0.29) is 0 Å². The Morgan fingerprint density at radius 2 is 1.84 bits per heavy atom. The highest BCUT2D eigenvalue weighted by atomic mass is 15.2. The van der Waals surface area contributed by atoms with Crippen LogP contribution in [0, 0.1) is 0 Å². The lowest BCUT2D eigenvalue weighted by Gasteiger charge is -2.15. The largest absolute Gasteiger partial charge is 0.276 e. The van der Waals surface area contributed by atoms with Crippen molar-refractivity contribution in [3.05, 3.63) is 53.9 Å². The van der Waals surface area contributed by atoms with Crippen LogP contribution in [0.5, 0.6) is 0 Å². The van der Waals surface area contributed by atoms with Crippen molar-refractivity contribution in [1.29, 1.82) is 0 Å². The fourth-order valence-electron chi connectivity index (χ4n) is 2.24. The fourth-order valence-corrected chi connectivity index (χ4v) is 2.24. The number of nitrogens with two attached hydrogens (primary N) is 1. The molecule has 102 valence electrons. The van der Waals surface area contributed by atoms with Gasteiger partial charge in [0.25, 0.3) is 0 Å². The third-order valence-electron chi connectivity index (χ3n) is 3.40. The van der Waals surface area contributed by atoms with E-state index in [2.05, 4.69) is 41.0 Å². The van der Waals surface area contributed by atoms with Gasteiger partial charge in [-0.2, -0.15) is 5.10 Å². The zero-order valence-corrected chi connectivity index (χ0v) is 11.4. The molecule has 1 atom stereocenters. The van der Waals surface area contributed by atoms with Crippen LogP contribution in [0.1, 0.15) is 24.0 Å². The van der Waals surface area contributed by atoms with Crippen LogP contribution in [0.15, 0.2) is 42.7 Å². The second-order valence-corrected chi connectivity index (χ2v) is 4.95. The van der Waals surface area contributed by atoms with Gasteiger partial charge in [-0.3, -0.25) is 16.0 Å². The molecule has 0 aliphatic rings. The molecule has 0 radical (unpaired) electrons. The lowest BCUT2D eigenvalue weighted by Crippen LogP contribution is -2.35. The molecule has 2 aromatic rings. The highest BCUT2D eigenvalue weighted by molar-refractivity contribution is 5.14. The lowest BCUT2D eigenvalue weighted by molar-refractivity contribution is 0.464. The second kappa shape index (κ2) is 7.07. The van der Waals surface area contributed by atoms with Crippen LogP contribution in [0.2, 0.25) is 0 Å². The number of rotatable bonds is 7. The summed E-state index contributed by atoms with van der Waals surface area (Å²) in [6, 6.07) is 10.9. The number of nitrogens with zero attached hydrogens (tertiary/aromatic N) is 2. The number of benzene rings is 1. The molecule has 0 aliphatic carbocycles. The van der Waals surface area contributed by atoms with Gasteiger partial charge in [0.2, 0.25) is 0 Å². The van der Waals surface area contributed by atoms with Gasteiger partial charge in [-0.25, -0.2) is 0 Å². The molecule has 4 heteroatoms. The van der Waals surface area contributed by atoms with Crippen LogP contribution in [-0.2, 0) is 19.9 Å². The molecule has 2 rings (SSSR count). The Balaban J connectivity index is 1.77. The Kier molecular flexibility index (Phi) is 5.12. The summed E-state index contributed by atoms with van der Waals surface area (Å²) >= 11 is 0. The zero-order valence-electron chi connectivity index (χ0n) is 11.4. The molecule has 0 saturated carbocycles. The minimum absolute atomic E-state index is 0.348. The van der Waals surface area contributed by atoms with Crippen LogP contribution in [-0.4, -0.2) is 15.8 Å². The van der Waals surface area contributed by atoms with Crippen molar-refractivity contribution in [3.63, 3.8) is 0 Å². The molecular weight excluding hydrogens is 236 g/mol. The highest BCUT2D eigenvalue weighted by Crippen LogP contribution is 2.10. The van der Waals surface area contributed by atoms with E-state index in [0.29, 0.717) is 6.04 Å². The molecule has 1 unspecified atom stereocenters. The van der Waals surface area contributed by atoms with E-state index >= 15 is 0 Å². The molecule has 3 N–H and O–H groups in total. The van der Waals surface area contributed by atoms with Gasteiger partial charge in [-0.05, 0) is 36.8 Å².